The molecule has 5 rings (SSSR count). The van der Waals surface area contributed by atoms with Crippen LogP contribution in [0.15, 0.2) is 42.5 Å². The maximum atomic E-state index is 13.4. The van der Waals surface area contributed by atoms with Crippen LogP contribution in [-0.4, -0.2) is 50.4 Å². The van der Waals surface area contributed by atoms with Gasteiger partial charge in [-0.05, 0) is 60.6 Å². The van der Waals surface area contributed by atoms with Crippen LogP contribution in [0.2, 0.25) is 0 Å². The van der Waals surface area contributed by atoms with Crippen molar-refractivity contribution in [3.05, 3.63) is 64.7 Å². The lowest BCUT2D eigenvalue weighted by atomic mass is 9.76. The summed E-state index contributed by atoms with van der Waals surface area (Å²) in [6.07, 6.45) is 3.77. The number of amides is 3. The van der Waals surface area contributed by atoms with Gasteiger partial charge in [-0.1, -0.05) is 24.3 Å². The van der Waals surface area contributed by atoms with Crippen molar-refractivity contribution in [1.82, 2.24) is 10.2 Å². The minimum atomic E-state index is -3.38. The van der Waals surface area contributed by atoms with Crippen molar-refractivity contribution in [2.75, 3.05) is 23.7 Å². The van der Waals surface area contributed by atoms with Gasteiger partial charge in [0, 0.05) is 12.1 Å². The molecule has 1 spiro atoms. The van der Waals surface area contributed by atoms with Crippen molar-refractivity contribution < 1.29 is 22.8 Å². The fourth-order valence-electron chi connectivity index (χ4n) is 5.08. The fraction of sp³-hybridized carbons (Fsp3) is 0.348. The molecule has 3 amide bonds. The van der Waals surface area contributed by atoms with Crippen molar-refractivity contribution in [3.63, 3.8) is 0 Å². The fourth-order valence-corrected chi connectivity index (χ4v) is 6.04. The van der Waals surface area contributed by atoms with Gasteiger partial charge in [0.2, 0.25) is 10.0 Å². The number of hydrogen-bond acceptors (Lipinski definition) is 5. The molecule has 1 N–H and O–H groups in total. The second kappa shape index (κ2) is 7.16. The number of hydrogen-bond donors (Lipinski definition) is 1. The highest BCUT2D eigenvalue weighted by Crippen LogP contribution is 2.40. The molecule has 1 atom stereocenters. The Morgan fingerprint density at radius 3 is 2.66 bits per heavy atom. The Hall–Kier alpha value is -3.20. The van der Waals surface area contributed by atoms with Gasteiger partial charge in [-0.2, -0.15) is 0 Å². The van der Waals surface area contributed by atoms with E-state index in [0.29, 0.717) is 30.6 Å². The first-order chi connectivity index (χ1) is 15.2. The SMILES string of the molecule is CS(=O)(=O)N1CCc2cc(C(=O)CN3C(=O)NC4(CCCc5ccccc54)C3=O)ccc21. The summed E-state index contributed by atoms with van der Waals surface area (Å²) in [5.41, 5.74) is 2.41. The van der Waals surface area contributed by atoms with Gasteiger partial charge < -0.3 is 5.32 Å². The number of carbonyl (C=O) groups is 3. The molecule has 8 nitrogen and oxygen atoms in total. The Labute approximate surface area is 186 Å². The molecule has 1 fully saturated rings. The lowest BCUT2D eigenvalue weighted by Gasteiger charge is -2.33. The van der Waals surface area contributed by atoms with E-state index in [-0.39, 0.29) is 12.3 Å². The number of aryl methyl sites for hydroxylation is 1. The first kappa shape index (κ1) is 20.7. The third kappa shape index (κ3) is 3.10. The molecule has 0 radical (unpaired) electrons. The molecule has 9 heteroatoms. The van der Waals surface area contributed by atoms with Gasteiger partial charge in [0.05, 0.1) is 18.5 Å². The van der Waals surface area contributed by atoms with E-state index in [0.717, 1.165) is 40.7 Å². The Morgan fingerprint density at radius 2 is 1.88 bits per heavy atom. The lowest BCUT2D eigenvalue weighted by Crippen LogP contribution is -2.46. The zero-order chi connectivity index (χ0) is 22.7. The molecule has 1 saturated heterocycles. The minimum Gasteiger partial charge on any atom is -0.319 e. The summed E-state index contributed by atoms with van der Waals surface area (Å²) in [4.78, 5) is 40.1. The smallest absolute Gasteiger partial charge is 0.319 e. The van der Waals surface area contributed by atoms with E-state index in [2.05, 4.69) is 5.32 Å². The van der Waals surface area contributed by atoms with Gasteiger partial charge in [0.1, 0.15) is 5.54 Å². The molecule has 166 valence electrons. The molecule has 3 aliphatic rings. The minimum absolute atomic E-state index is 0.334. The Morgan fingerprint density at radius 1 is 1.09 bits per heavy atom. The number of nitrogens with one attached hydrogen (secondary N) is 1. The number of anilines is 1. The van der Waals surface area contributed by atoms with E-state index >= 15 is 0 Å². The van der Waals surface area contributed by atoms with Crippen LogP contribution in [0, 0.1) is 0 Å². The second-order valence-electron chi connectivity index (χ2n) is 8.59. The topological polar surface area (TPSA) is 104 Å². The summed E-state index contributed by atoms with van der Waals surface area (Å²) < 4.78 is 25.2. The molecule has 1 aliphatic carbocycles. The first-order valence-electron chi connectivity index (χ1n) is 10.6. The molecular formula is C23H23N3O5S. The molecule has 2 heterocycles. The van der Waals surface area contributed by atoms with Gasteiger partial charge in [0.15, 0.2) is 5.78 Å². The van der Waals surface area contributed by atoms with Gasteiger partial charge in [-0.3, -0.25) is 18.8 Å². The molecule has 2 aromatic rings. The van der Waals surface area contributed by atoms with Crippen molar-refractivity contribution in [2.24, 2.45) is 0 Å². The predicted molar refractivity (Wildman–Crippen MR) is 118 cm³/mol. The highest BCUT2D eigenvalue weighted by molar-refractivity contribution is 7.92. The maximum absolute atomic E-state index is 13.4. The summed E-state index contributed by atoms with van der Waals surface area (Å²) in [6, 6.07) is 11.9. The summed E-state index contributed by atoms with van der Waals surface area (Å²) in [6.45, 7) is -0.0239. The van der Waals surface area contributed by atoms with E-state index in [1.54, 1.807) is 18.2 Å². The predicted octanol–water partition coefficient (Wildman–Crippen LogP) is 1.97. The van der Waals surface area contributed by atoms with Gasteiger partial charge in [-0.15, -0.1) is 0 Å². The van der Waals surface area contributed by atoms with Crippen molar-refractivity contribution in [1.29, 1.82) is 0 Å². The van der Waals surface area contributed by atoms with Crippen LogP contribution in [0.25, 0.3) is 0 Å². The number of rotatable bonds is 4. The molecule has 0 saturated carbocycles. The van der Waals surface area contributed by atoms with Crippen molar-refractivity contribution in [3.8, 4) is 0 Å². The van der Waals surface area contributed by atoms with Crippen LogP contribution >= 0.6 is 0 Å². The van der Waals surface area contributed by atoms with E-state index in [1.807, 2.05) is 24.3 Å². The molecule has 1 unspecified atom stereocenters. The third-order valence-corrected chi connectivity index (χ3v) is 7.79. The molecule has 32 heavy (non-hydrogen) atoms. The number of urea groups is 1. The van der Waals surface area contributed by atoms with Crippen LogP contribution in [0.3, 0.4) is 0 Å². The summed E-state index contributed by atoms with van der Waals surface area (Å²) in [5.74, 6) is -0.761. The van der Waals surface area contributed by atoms with Crippen LogP contribution < -0.4 is 9.62 Å². The number of carbonyl (C=O) groups excluding carboxylic acids is 3. The largest absolute Gasteiger partial charge is 0.325 e. The van der Waals surface area contributed by atoms with E-state index in [9.17, 15) is 22.8 Å². The molecule has 0 bridgehead atoms. The molecule has 0 aromatic heterocycles. The van der Waals surface area contributed by atoms with Gasteiger partial charge >= 0.3 is 6.03 Å². The van der Waals surface area contributed by atoms with Crippen molar-refractivity contribution >= 4 is 33.4 Å². The Kier molecular flexibility index (Phi) is 4.63. The highest BCUT2D eigenvalue weighted by atomic mass is 32.2. The summed E-state index contributed by atoms with van der Waals surface area (Å²) >= 11 is 0. The highest BCUT2D eigenvalue weighted by Gasteiger charge is 2.54. The monoisotopic (exact) mass is 453 g/mol. The molecule has 2 aliphatic heterocycles. The zero-order valence-corrected chi connectivity index (χ0v) is 18.4. The second-order valence-corrected chi connectivity index (χ2v) is 10.5. The van der Waals surface area contributed by atoms with Crippen LogP contribution in [0.1, 0.15) is 39.9 Å². The number of ketones is 1. The quantitative estimate of drug-likeness (QED) is 0.563. The van der Waals surface area contributed by atoms with Crippen LogP contribution in [0.4, 0.5) is 10.5 Å². The van der Waals surface area contributed by atoms with E-state index in [4.69, 9.17) is 0 Å². The lowest BCUT2D eigenvalue weighted by molar-refractivity contribution is -0.131. The number of nitrogens with zero attached hydrogens (tertiary/aromatic N) is 2. The average molecular weight is 454 g/mol. The molecular weight excluding hydrogens is 430 g/mol. The van der Waals surface area contributed by atoms with Gasteiger partial charge in [-0.25, -0.2) is 13.2 Å². The number of benzene rings is 2. The number of imide groups is 1. The van der Waals surface area contributed by atoms with Crippen LogP contribution in [-0.2, 0) is 33.2 Å². The third-order valence-electron chi connectivity index (χ3n) is 6.61. The average Bonchev–Trinajstić information content (AvgIpc) is 3.29. The number of Topliss-reactive ketones (excluding diaryl/α,β-unsaturated/α-hetero) is 1. The van der Waals surface area contributed by atoms with Crippen LogP contribution in [0.5, 0.6) is 0 Å². The first-order valence-corrected chi connectivity index (χ1v) is 12.4. The summed E-state index contributed by atoms with van der Waals surface area (Å²) in [5, 5.41) is 2.86. The number of sulfonamides is 1. The van der Waals surface area contributed by atoms with E-state index in [1.165, 1.54) is 4.31 Å². The van der Waals surface area contributed by atoms with Crippen molar-refractivity contribution in [2.45, 2.75) is 31.2 Å². The summed E-state index contributed by atoms with van der Waals surface area (Å²) in [7, 11) is -3.38. The standard InChI is InChI=1S/C23H23N3O5S/c1-32(30,31)26-12-10-16-13-17(8-9-19(16)26)20(27)14-25-21(28)23(24-22(25)29)11-4-6-15-5-2-3-7-18(15)23/h2-3,5,7-9,13H,4,6,10-12,14H2,1H3,(H,24,29). The zero-order valence-electron chi connectivity index (χ0n) is 17.6. The van der Waals surface area contributed by atoms with Gasteiger partial charge in [0.25, 0.3) is 5.91 Å². The maximum Gasteiger partial charge on any atom is 0.325 e. The Balaban J connectivity index is 1.40. The normalized spacial score (nSPS) is 22.2. The van der Waals surface area contributed by atoms with E-state index < -0.39 is 27.5 Å². The Bertz CT molecular complexity index is 1270. The number of fused-ring (bicyclic) bond motifs is 3. The molecule has 2 aromatic carbocycles.